The molecule has 33 heavy (non-hydrogen) atoms. The van der Waals surface area contributed by atoms with Crippen LogP contribution in [0.3, 0.4) is 0 Å². The van der Waals surface area contributed by atoms with Crippen molar-refractivity contribution in [3.63, 3.8) is 0 Å². The van der Waals surface area contributed by atoms with Crippen LogP contribution in [0, 0.1) is 0 Å². The Morgan fingerprint density at radius 2 is 1.91 bits per heavy atom. The van der Waals surface area contributed by atoms with Gasteiger partial charge in [-0.2, -0.15) is 0 Å². The normalized spacial score (nSPS) is 15.2. The summed E-state index contributed by atoms with van der Waals surface area (Å²) in [5, 5.41) is 4.16. The third-order valence-electron chi connectivity index (χ3n) is 6.31. The number of aromatic nitrogens is 1. The smallest absolute Gasteiger partial charge is 0.239 e. The van der Waals surface area contributed by atoms with Gasteiger partial charge in [0.1, 0.15) is 0 Å². The first-order chi connectivity index (χ1) is 16.1. The molecule has 7 nitrogen and oxygen atoms in total. The lowest BCUT2D eigenvalue weighted by molar-refractivity contribution is -0.135. The van der Waals surface area contributed by atoms with Gasteiger partial charge in [0.05, 0.1) is 20.8 Å². The van der Waals surface area contributed by atoms with Crippen molar-refractivity contribution in [1.29, 1.82) is 0 Å². The Hall–Kier alpha value is -3.48. The molecule has 0 bridgehead atoms. The van der Waals surface area contributed by atoms with Gasteiger partial charge in [0.25, 0.3) is 0 Å². The number of amides is 2. The number of nitrogens with zero attached hydrogens (tertiary/aromatic N) is 1. The largest absolute Gasteiger partial charge is 0.493 e. The number of likely N-dealkylation sites (tertiary alicyclic amines) is 1. The standard InChI is InChI=1S/C26H31N3O4/c1-32-23-12-8-10-19(26(23)33-2)21(20-15-27-22-11-6-5-9-18(20)22)16-28-24(30)17-29-14-7-3-4-13-25(29)31/h5-6,8-12,15,21,27H,3-4,7,13-14,16-17H2,1-2H3,(H,28,30). The highest BCUT2D eigenvalue weighted by Gasteiger charge is 2.25. The molecule has 0 saturated carbocycles. The maximum atomic E-state index is 12.8. The fourth-order valence-electron chi connectivity index (χ4n) is 4.61. The Labute approximate surface area is 194 Å². The number of nitrogens with one attached hydrogen (secondary N) is 2. The minimum atomic E-state index is -0.171. The molecule has 1 aliphatic heterocycles. The molecule has 2 heterocycles. The Balaban J connectivity index is 1.61. The summed E-state index contributed by atoms with van der Waals surface area (Å²) in [5.74, 6) is 1.02. The first-order valence-electron chi connectivity index (χ1n) is 11.4. The van der Waals surface area contributed by atoms with Gasteiger partial charge in [-0.25, -0.2) is 0 Å². The van der Waals surface area contributed by atoms with E-state index in [1.807, 2.05) is 42.6 Å². The van der Waals surface area contributed by atoms with Gasteiger partial charge in [-0.15, -0.1) is 0 Å². The van der Waals surface area contributed by atoms with E-state index in [0.717, 1.165) is 41.3 Å². The minimum Gasteiger partial charge on any atom is -0.493 e. The highest BCUT2D eigenvalue weighted by molar-refractivity contribution is 5.86. The summed E-state index contributed by atoms with van der Waals surface area (Å²) >= 11 is 0. The van der Waals surface area contributed by atoms with E-state index in [1.165, 1.54) is 0 Å². The topological polar surface area (TPSA) is 83.7 Å². The van der Waals surface area contributed by atoms with Crippen LogP contribution in [0.5, 0.6) is 11.5 Å². The van der Waals surface area contributed by atoms with Crippen LogP contribution in [0.4, 0.5) is 0 Å². The van der Waals surface area contributed by atoms with E-state index in [-0.39, 0.29) is 24.3 Å². The predicted molar refractivity (Wildman–Crippen MR) is 128 cm³/mol. The lowest BCUT2D eigenvalue weighted by Crippen LogP contribution is -2.41. The van der Waals surface area contributed by atoms with Crippen LogP contribution in [0.1, 0.15) is 42.7 Å². The van der Waals surface area contributed by atoms with Crippen molar-refractivity contribution in [2.75, 3.05) is 33.9 Å². The van der Waals surface area contributed by atoms with E-state index in [0.29, 0.717) is 31.0 Å². The molecule has 1 unspecified atom stereocenters. The quantitative estimate of drug-likeness (QED) is 0.547. The first-order valence-corrected chi connectivity index (χ1v) is 11.4. The number of benzene rings is 2. The van der Waals surface area contributed by atoms with Crippen LogP contribution in [0.2, 0.25) is 0 Å². The van der Waals surface area contributed by atoms with E-state index in [2.05, 4.69) is 16.4 Å². The predicted octanol–water partition coefficient (Wildman–Crippen LogP) is 3.84. The van der Waals surface area contributed by atoms with Crippen LogP contribution < -0.4 is 14.8 Å². The van der Waals surface area contributed by atoms with Crippen LogP contribution in [-0.4, -0.2) is 55.6 Å². The molecular formula is C26H31N3O4. The number of hydrogen-bond acceptors (Lipinski definition) is 4. The number of hydrogen-bond donors (Lipinski definition) is 2. The number of H-pyrrole nitrogens is 1. The van der Waals surface area contributed by atoms with Gasteiger partial charge in [0, 0.05) is 48.1 Å². The SMILES string of the molecule is COc1cccc(C(CNC(=O)CN2CCCCCC2=O)c2c[nH]c3ccccc23)c1OC. The molecule has 0 radical (unpaired) electrons. The highest BCUT2D eigenvalue weighted by atomic mass is 16.5. The zero-order valence-electron chi connectivity index (χ0n) is 19.2. The Bertz CT molecular complexity index is 1120. The molecule has 3 aromatic rings. The van der Waals surface area contributed by atoms with Crippen molar-refractivity contribution in [3.8, 4) is 11.5 Å². The highest BCUT2D eigenvalue weighted by Crippen LogP contribution is 2.40. The number of carbonyl (C=O) groups is 2. The van der Waals surface area contributed by atoms with Crippen molar-refractivity contribution in [1.82, 2.24) is 15.2 Å². The number of para-hydroxylation sites is 2. The zero-order chi connectivity index (χ0) is 23.2. The Kier molecular flexibility index (Phi) is 7.17. The lowest BCUT2D eigenvalue weighted by atomic mass is 9.90. The van der Waals surface area contributed by atoms with E-state index in [4.69, 9.17) is 9.47 Å². The molecule has 2 N–H and O–H groups in total. The van der Waals surface area contributed by atoms with Crippen molar-refractivity contribution in [3.05, 3.63) is 59.8 Å². The second-order valence-corrected chi connectivity index (χ2v) is 8.35. The van der Waals surface area contributed by atoms with Gasteiger partial charge in [0.15, 0.2) is 11.5 Å². The molecule has 1 atom stereocenters. The van der Waals surface area contributed by atoms with Gasteiger partial charge in [0.2, 0.25) is 11.8 Å². The van der Waals surface area contributed by atoms with Gasteiger partial charge < -0.3 is 24.7 Å². The molecule has 1 fully saturated rings. The summed E-state index contributed by atoms with van der Waals surface area (Å²) in [6.07, 6.45) is 5.38. The molecule has 0 spiro atoms. The number of carbonyl (C=O) groups excluding carboxylic acids is 2. The molecule has 2 aromatic carbocycles. The second kappa shape index (κ2) is 10.4. The molecule has 7 heteroatoms. The zero-order valence-corrected chi connectivity index (χ0v) is 19.2. The van der Waals surface area contributed by atoms with Crippen molar-refractivity contribution < 1.29 is 19.1 Å². The average molecular weight is 450 g/mol. The number of fused-ring (bicyclic) bond motifs is 1. The summed E-state index contributed by atoms with van der Waals surface area (Å²) in [6, 6.07) is 13.9. The number of rotatable bonds is 8. The summed E-state index contributed by atoms with van der Waals surface area (Å²) in [7, 11) is 3.24. The summed E-state index contributed by atoms with van der Waals surface area (Å²) < 4.78 is 11.2. The molecule has 1 aliphatic rings. The minimum absolute atomic E-state index is 0.0605. The van der Waals surface area contributed by atoms with Crippen LogP contribution >= 0.6 is 0 Å². The van der Waals surface area contributed by atoms with E-state index in [1.54, 1.807) is 19.1 Å². The number of methoxy groups -OCH3 is 2. The van der Waals surface area contributed by atoms with Crippen LogP contribution in [0.25, 0.3) is 10.9 Å². The molecule has 174 valence electrons. The maximum absolute atomic E-state index is 12.8. The second-order valence-electron chi connectivity index (χ2n) is 8.35. The first kappa shape index (κ1) is 22.7. The maximum Gasteiger partial charge on any atom is 0.239 e. The van der Waals surface area contributed by atoms with E-state index >= 15 is 0 Å². The monoisotopic (exact) mass is 449 g/mol. The third kappa shape index (κ3) is 4.97. The van der Waals surface area contributed by atoms with Gasteiger partial charge in [-0.1, -0.05) is 36.8 Å². The summed E-state index contributed by atoms with van der Waals surface area (Å²) in [5.41, 5.74) is 3.01. The molecule has 1 saturated heterocycles. The average Bonchev–Trinajstić information content (AvgIpc) is 3.16. The number of ether oxygens (including phenoxy) is 2. The summed E-state index contributed by atoms with van der Waals surface area (Å²) in [6.45, 7) is 1.10. The molecular weight excluding hydrogens is 418 g/mol. The lowest BCUT2D eigenvalue weighted by Gasteiger charge is -2.23. The van der Waals surface area contributed by atoms with Crippen LogP contribution in [0.15, 0.2) is 48.7 Å². The van der Waals surface area contributed by atoms with Gasteiger partial charge >= 0.3 is 0 Å². The Morgan fingerprint density at radius 1 is 1.06 bits per heavy atom. The van der Waals surface area contributed by atoms with Crippen molar-refractivity contribution in [2.24, 2.45) is 0 Å². The number of aromatic amines is 1. The summed E-state index contributed by atoms with van der Waals surface area (Å²) in [4.78, 5) is 30.2. The van der Waals surface area contributed by atoms with E-state index < -0.39 is 0 Å². The fraction of sp³-hybridized carbons (Fsp3) is 0.385. The van der Waals surface area contributed by atoms with Gasteiger partial charge in [-0.05, 0) is 30.5 Å². The molecule has 0 aliphatic carbocycles. The Morgan fingerprint density at radius 3 is 2.73 bits per heavy atom. The van der Waals surface area contributed by atoms with Gasteiger partial charge in [-0.3, -0.25) is 9.59 Å². The van der Waals surface area contributed by atoms with Crippen LogP contribution in [-0.2, 0) is 9.59 Å². The fourth-order valence-corrected chi connectivity index (χ4v) is 4.61. The third-order valence-corrected chi connectivity index (χ3v) is 6.31. The molecule has 4 rings (SSSR count). The van der Waals surface area contributed by atoms with E-state index in [9.17, 15) is 9.59 Å². The molecule has 2 amide bonds. The van der Waals surface area contributed by atoms with Crippen molar-refractivity contribution >= 4 is 22.7 Å². The molecule has 1 aromatic heterocycles. The van der Waals surface area contributed by atoms with Crippen molar-refractivity contribution in [2.45, 2.75) is 31.6 Å².